The van der Waals surface area contributed by atoms with Gasteiger partial charge < -0.3 is 25.2 Å². The van der Waals surface area contributed by atoms with Crippen LogP contribution >= 0.6 is 0 Å². The summed E-state index contributed by atoms with van der Waals surface area (Å²) < 4.78 is 5.18. The lowest BCUT2D eigenvalue weighted by Gasteiger charge is -2.71. The van der Waals surface area contributed by atoms with E-state index >= 15 is 0 Å². The van der Waals surface area contributed by atoms with Crippen molar-refractivity contribution < 1.29 is 34.8 Å². The summed E-state index contributed by atoms with van der Waals surface area (Å²) in [5, 5.41) is 43.0. The Morgan fingerprint density at radius 2 is 1.63 bits per heavy atom. The highest BCUT2D eigenvalue weighted by atomic mass is 16.5. The van der Waals surface area contributed by atoms with Crippen molar-refractivity contribution in [2.24, 2.45) is 50.2 Å². The Bertz CT molecular complexity index is 1050. The molecule has 0 bridgehead atoms. The van der Waals surface area contributed by atoms with Crippen LogP contribution in [0.4, 0.5) is 0 Å². The highest BCUT2D eigenvalue weighted by molar-refractivity contribution is 5.80. The van der Waals surface area contributed by atoms with E-state index in [2.05, 4.69) is 26.8 Å². The second-order valence-corrected chi connectivity index (χ2v) is 14.9. The lowest BCUT2D eigenvalue weighted by atomic mass is 9.33. The Labute approximate surface area is 227 Å². The van der Waals surface area contributed by atoms with Crippen LogP contribution in [0.1, 0.15) is 92.4 Å². The van der Waals surface area contributed by atoms with Gasteiger partial charge in [-0.05, 0) is 98.7 Å². The van der Waals surface area contributed by atoms with E-state index in [0.717, 1.165) is 25.7 Å². The van der Waals surface area contributed by atoms with Gasteiger partial charge in [-0.25, -0.2) is 0 Å². The topological polar surface area (TPSA) is 124 Å². The van der Waals surface area contributed by atoms with Gasteiger partial charge >= 0.3 is 11.9 Å². The molecule has 0 aliphatic heterocycles. The Morgan fingerprint density at radius 3 is 2.24 bits per heavy atom. The van der Waals surface area contributed by atoms with Crippen LogP contribution in [0.15, 0.2) is 11.6 Å². The monoisotopic (exact) mass is 532 g/mol. The normalized spacial score (nSPS) is 53.9. The summed E-state index contributed by atoms with van der Waals surface area (Å²) in [4.78, 5) is 25.8. The summed E-state index contributed by atoms with van der Waals surface area (Å²) >= 11 is 0. The van der Waals surface area contributed by atoms with Crippen molar-refractivity contribution in [2.45, 2.75) is 105 Å². The number of carboxylic acid groups (broad SMARTS) is 1. The Balaban J connectivity index is 1.61. The third-order valence-electron chi connectivity index (χ3n) is 13.6. The molecule has 0 saturated heterocycles. The molecule has 5 rings (SSSR count). The predicted molar refractivity (Wildman–Crippen MR) is 142 cm³/mol. The van der Waals surface area contributed by atoms with Gasteiger partial charge in [-0.2, -0.15) is 0 Å². The first-order valence-corrected chi connectivity index (χ1v) is 14.6. The lowest BCUT2D eigenvalue weighted by molar-refractivity contribution is -0.243. The minimum atomic E-state index is -0.954. The predicted octanol–water partition coefficient (Wildman–Crippen LogP) is 4.33. The minimum Gasteiger partial charge on any atom is -0.481 e. The van der Waals surface area contributed by atoms with Crippen LogP contribution in [-0.2, 0) is 14.3 Å². The van der Waals surface area contributed by atoms with Crippen molar-refractivity contribution in [2.75, 3.05) is 13.7 Å². The molecule has 5 aliphatic rings. The molecule has 4 fully saturated rings. The number of esters is 1. The van der Waals surface area contributed by atoms with Gasteiger partial charge in [0.05, 0.1) is 36.8 Å². The standard InChI is InChI=1S/C31H48O7/c1-26(25(37)38-6)11-13-31(24(35)36)14-12-29(4)18(19(31)15-26)7-8-22-27(2)16-20(33)23(34)28(3,17-32)21(27)9-10-30(22,29)5/h7,19-23,32-34H,8-17H2,1-6H3,(H,35,36)/t19-,20-,21-,22+,23-,26-,27-,28-,29+,30+,31-/m0/s1. The summed E-state index contributed by atoms with van der Waals surface area (Å²) in [6, 6.07) is 0. The van der Waals surface area contributed by atoms with Gasteiger partial charge in [-0.1, -0.05) is 39.3 Å². The maximum absolute atomic E-state index is 12.9. The van der Waals surface area contributed by atoms with E-state index < -0.39 is 34.4 Å². The molecule has 38 heavy (non-hydrogen) atoms. The van der Waals surface area contributed by atoms with E-state index in [1.165, 1.54) is 12.7 Å². The van der Waals surface area contributed by atoms with Crippen LogP contribution in [0.5, 0.6) is 0 Å². The molecule has 0 unspecified atom stereocenters. The molecular weight excluding hydrogens is 484 g/mol. The van der Waals surface area contributed by atoms with E-state index in [1.54, 1.807) is 0 Å². The van der Waals surface area contributed by atoms with Crippen molar-refractivity contribution in [1.82, 2.24) is 0 Å². The number of rotatable bonds is 3. The largest absolute Gasteiger partial charge is 0.481 e. The zero-order chi connectivity index (χ0) is 28.1. The number of carbonyl (C=O) groups excluding carboxylic acids is 1. The first-order chi connectivity index (χ1) is 17.6. The van der Waals surface area contributed by atoms with Crippen molar-refractivity contribution in [3.05, 3.63) is 11.6 Å². The maximum Gasteiger partial charge on any atom is 0.311 e. The van der Waals surface area contributed by atoms with Crippen LogP contribution in [-0.4, -0.2) is 58.3 Å². The fraction of sp³-hybridized carbons (Fsp3) is 0.871. The molecule has 7 heteroatoms. The zero-order valence-corrected chi connectivity index (χ0v) is 24.0. The molecule has 7 nitrogen and oxygen atoms in total. The smallest absolute Gasteiger partial charge is 0.311 e. The first kappa shape index (κ1) is 28.1. The number of carboxylic acids is 1. The molecule has 0 heterocycles. The Kier molecular flexibility index (Phi) is 6.31. The van der Waals surface area contributed by atoms with E-state index in [0.29, 0.717) is 32.1 Å². The van der Waals surface area contributed by atoms with Gasteiger partial charge in [-0.3, -0.25) is 9.59 Å². The molecule has 0 radical (unpaired) electrons. The summed E-state index contributed by atoms with van der Waals surface area (Å²) in [7, 11) is 1.41. The molecule has 0 aromatic carbocycles. The number of aliphatic hydroxyl groups excluding tert-OH is 3. The summed E-state index contributed by atoms with van der Waals surface area (Å²) in [6.07, 6.45) is 6.37. The van der Waals surface area contributed by atoms with E-state index in [-0.39, 0.29) is 46.6 Å². The number of methoxy groups -OCH3 is 1. The fourth-order valence-corrected chi connectivity index (χ4v) is 11.0. The number of aliphatic hydroxyl groups is 3. The van der Waals surface area contributed by atoms with Gasteiger partial charge in [0.1, 0.15) is 0 Å². The van der Waals surface area contributed by atoms with Crippen molar-refractivity contribution >= 4 is 11.9 Å². The highest BCUT2D eigenvalue weighted by Crippen LogP contribution is 2.75. The van der Waals surface area contributed by atoms with Gasteiger partial charge in [0, 0.05) is 5.41 Å². The van der Waals surface area contributed by atoms with Crippen LogP contribution in [0.3, 0.4) is 0 Å². The van der Waals surface area contributed by atoms with E-state index in [1.807, 2.05) is 13.8 Å². The average molecular weight is 533 g/mol. The molecule has 5 aliphatic carbocycles. The van der Waals surface area contributed by atoms with Crippen LogP contribution in [0, 0.1) is 50.2 Å². The molecule has 11 atom stereocenters. The Hall–Kier alpha value is -1.44. The summed E-state index contributed by atoms with van der Waals surface area (Å²) in [6.45, 7) is 10.6. The van der Waals surface area contributed by atoms with E-state index in [9.17, 15) is 30.0 Å². The number of aliphatic carboxylic acids is 1. The Morgan fingerprint density at radius 1 is 0.974 bits per heavy atom. The third kappa shape index (κ3) is 3.24. The molecule has 0 spiro atoms. The molecule has 4 saturated carbocycles. The first-order valence-electron chi connectivity index (χ1n) is 14.6. The fourth-order valence-electron chi connectivity index (χ4n) is 11.0. The average Bonchev–Trinajstić information content (AvgIpc) is 2.87. The molecular formula is C31H48O7. The second-order valence-electron chi connectivity index (χ2n) is 14.9. The minimum absolute atomic E-state index is 0.0778. The number of carbonyl (C=O) groups is 2. The molecule has 0 aromatic heterocycles. The zero-order valence-electron chi connectivity index (χ0n) is 24.0. The molecule has 0 aromatic rings. The van der Waals surface area contributed by atoms with E-state index in [4.69, 9.17) is 4.74 Å². The highest BCUT2D eigenvalue weighted by Gasteiger charge is 2.71. The van der Waals surface area contributed by atoms with Gasteiger partial charge in [-0.15, -0.1) is 0 Å². The molecule has 4 N–H and O–H groups in total. The number of hydrogen-bond acceptors (Lipinski definition) is 6. The quantitative estimate of drug-likeness (QED) is 0.315. The summed E-state index contributed by atoms with van der Waals surface area (Å²) in [5.41, 5.74) is -1.76. The SMILES string of the molecule is COC(=O)[C@@]1(C)CC[C@]2(C(=O)O)CC[C@]3(C)C(=CC[C@@H]4[C@@]5(C)C[C@H](O)[C@H](O)[C@@](C)(CO)[C@H]5CC[C@]43C)[C@@H]2C1. The second kappa shape index (κ2) is 8.53. The van der Waals surface area contributed by atoms with Crippen LogP contribution in [0.25, 0.3) is 0 Å². The van der Waals surface area contributed by atoms with Gasteiger partial charge in [0.15, 0.2) is 0 Å². The number of hydrogen-bond donors (Lipinski definition) is 4. The number of ether oxygens (including phenoxy) is 1. The molecule has 214 valence electrons. The summed E-state index contributed by atoms with van der Waals surface area (Å²) in [5.74, 6) is -0.919. The van der Waals surface area contributed by atoms with Crippen molar-refractivity contribution in [3.8, 4) is 0 Å². The van der Waals surface area contributed by atoms with Crippen molar-refractivity contribution in [3.63, 3.8) is 0 Å². The molecule has 0 amide bonds. The van der Waals surface area contributed by atoms with Crippen LogP contribution in [0.2, 0.25) is 0 Å². The number of fused-ring (bicyclic) bond motifs is 7. The van der Waals surface area contributed by atoms with Crippen LogP contribution < -0.4 is 0 Å². The maximum atomic E-state index is 12.9. The lowest BCUT2D eigenvalue weighted by Crippen LogP contribution is -2.68. The van der Waals surface area contributed by atoms with Gasteiger partial charge in [0.25, 0.3) is 0 Å². The van der Waals surface area contributed by atoms with Gasteiger partial charge in [0.2, 0.25) is 0 Å². The third-order valence-corrected chi connectivity index (χ3v) is 13.6. The number of allylic oxidation sites excluding steroid dienone is 2. The van der Waals surface area contributed by atoms with Crippen molar-refractivity contribution in [1.29, 1.82) is 0 Å².